The highest BCUT2D eigenvalue weighted by atomic mass is 19.4. The Balaban J connectivity index is 2.13. The van der Waals surface area contributed by atoms with Gasteiger partial charge in [-0.05, 0) is 32.0 Å². The van der Waals surface area contributed by atoms with E-state index in [4.69, 9.17) is 0 Å². The molecular formula is C15H21F3N2. The van der Waals surface area contributed by atoms with E-state index in [0.717, 1.165) is 26.2 Å². The molecule has 1 aliphatic carbocycles. The number of hydrogen-bond acceptors (Lipinski definition) is 2. The van der Waals surface area contributed by atoms with Gasteiger partial charge in [0, 0.05) is 32.7 Å². The fourth-order valence-corrected chi connectivity index (χ4v) is 2.54. The van der Waals surface area contributed by atoms with Gasteiger partial charge in [-0.3, -0.25) is 4.90 Å². The summed E-state index contributed by atoms with van der Waals surface area (Å²) in [5, 5.41) is 0. The molecule has 2 rings (SSSR count). The van der Waals surface area contributed by atoms with Crippen LogP contribution in [0.15, 0.2) is 34.9 Å². The third-order valence-corrected chi connectivity index (χ3v) is 3.82. The fourth-order valence-electron chi connectivity index (χ4n) is 2.54. The van der Waals surface area contributed by atoms with Gasteiger partial charge in [0.05, 0.1) is 5.57 Å². The molecule has 0 N–H and O–H groups in total. The van der Waals surface area contributed by atoms with Crippen molar-refractivity contribution in [2.24, 2.45) is 0 Å². The van der Waals surface area contributed by atoms with E-state index in [1.54, 1.807) is 13.0 Å². The highest BCUT2D eigenvalue weighted by Gasteiger charge is 2.36. The Kier molecular flexibility index (Phi) is 4.70. The van der Waals surface area contributed by atoms with E-state index in [1.165, 1.54) is 6.08 Å². The van der Waals surface area contributed by atoms with E-state index < -0.39 is 11.7 Å². The summed E-state index contributed by atoms with van der Waals surface area (Å²) in [6.07, 6.45) is 1.12. The third kappa shape index (κ3) is 3.96. The van der Waals surface area contributed by atoms with Crippen molar-refractivity contribution in [3.63, 3.8) is 0 Å². The standard InChI is InChI=1S/C15H21F3N2/c1-12-4-3-5-13(14(10-12)15(16,17)18)11-20-8-6-19(2)7-9-20/h4-5,10H,3,6-9,11H2,1-2H3. The Morgan fingerprint density at radius 1 is 1.10 bits per heavy atom. The molecule has 1 fully saturated rings. The first-order valence-corrected chi connectivity index (χ1v) is 6.92. The van der Waals surface area contributed by atoms with Gasteiger partial charge in [-0.2, -0.15) is 13.2 Å². The Morgan fingerprint density at radius 3 is 2.35 bits per heavy atom. The van der Waals surface area contributed by atoms with Crippen LogP contribution in [-0.4, -0.2) is 55.7 Å². The second-order valence-corrected chi connectivity index (χ2v) is 5.55. The Morgan fingerprint density at radius 2 is 1.75 bits per heavy atom. The van der Waals surface area contributed by atoms with Crippen LogP contribution in [0.1, 0.15) is 13.3 Å². The van der Waals surface area contributed by atoms with Gasteiger partial charge in [-0.25, -0.2) is 0 Å². The van der Waals surface area contributed by atoms with Gasteiger partial charge in [0.15, 0.2) is 0 Å². The SMILES string of the molecule is CC1=CCC=C(CN2CCN(C)CC2)C(C(F)(F)F)=C1. The summed E-state index contributed by atoms with van der Waals surface area (Å²) in [4.78, 5) is 4.30. The predicted octanol–water partition coefficient (Wildman–Crippen LogP) is 3.00. The Bertz CT molecular complexity index is 439. The number of nitrogens with zero attached hydrogens (tertiary/aromatic N) is 2. The van der Waals surface area contributed by atoms with E-state index in [1.807, 2.05) is 13.1 Å². The van der Waals surface area contributed by atoms with Gasteiger partial charge in [0.2, 0.25) is 0 Å². The van der Waals surface area contributed by atoms with E-state index in [0.29, 0.717) is 24.1 Å². The van der Waals surface area contributed by atoms with E-state index in [-0.39, 0.29) is 0 Å². The lowest BCUT2D eigenvalue weighted by Gasteiger charge is -2.33. The summed E-state index contributed by atoms with van der Waals surface area (Å²) in [6.45, 7) is 5.58. The first kappa shape index (κ1) is 15.3. The summed E-state index contributed by atoms with van der Waals surface area (Å²) < 4.78 is 39.6. The quantitative estimate of drug-likeness (QED) is 0.770. The lowest BCUT2D eigenvalue weighted by molar-refractivity contribution is -0.0898. The van der Waals surface area contributed by atoms with Gasteiger partial charge in [0.1, 0.15) is 0 Å². The zero-order valence-corrected chi connectivity index (χ0v) is 12.0. The zero-order chi connectivity index (χ0) is 14.8. The van der Waals surface area contributed by atoms with Crippen molar-refractivity contribution >= 4 is 0 Å². The molecule has 5 heteroatoms. The maximum Gasteiger partial charge on any atom is 0.416 e. The van der Waals surface area contributed by atoms with Crippen molar-refractivity contribution in [3.8, 4) is 0 Å². The molecule has 20 heavy (non-hydrogen) atoms. The Hall–Kier alpha value is -1.07. The van der Waals surface area contributed by atoms with Gasteiger partial charge >= 0.3 is 6.18 Å². The fraction of sp³-hybridized carbons (Fsp3) is 0.600. The molecule has 0 spiro atoms. The van der Waals surface area contributed by atoms with Crippen molar-refractivity contribution < 1.29 is 13.2 Å². The number of allylic oxidation sites excluding steroid dienone is 4. The maximum atomic E-state index is 13.2. The largest absolute Gasteiger partial charge is 0.416 e. The smallest absolute Gasteiger partial charge is 0.304 e. The van der Waals surface area contributed by atoms with E-state index >= 15 is 0 Å². The van der Waals surface area contributed by atoms with Crippen LogP contribution in [0.2, 0.25) is 0 Å². The molecule has 0 bridgehead atoms. The molecular weight excluding hydrogens is 265 g/mol. The van der Waals surface area contributed by atoms with Crippen LogP contribution < -0.4 is 0 Å². The van der Waals surface area contributed by atoms with Crippen LogP contribution in [0.5, 0.6) is 0 Å². The Labute approximate surface area is 118 Å². The second-order valence-electron chi connectivity index (χ2n) is 5.55. The van der Waals surface area contributed by atoms with E-state index in [9.17, 15) is 13.2 Å². The molecule has 0 amide bonds. The van der Waals surface area contributed by atoms with Crippen molar-refractivity contribution in [2.45, 2.75) is 19.5 Å². The molecule has 1 saturated heterocycles. The summed E-state index contributed by atoms with van der Waals surface area (Å²) in [5.74, 6) is 0. The topological polar surface area (TPSA) is 6.48 Å². The predicted molar refractivity (Wildman–Crippen MR) is 74.5 cm³/mol. The van der Waals surface area contributed by atoms with Crippen molar-refractivity contribution in [3.05, 3.63) is 34.9 Å². The normalized spacial score (nSPS) is 22.9. The van der Waals surface area contributed by atoms with Crippen molar-refractivity contribution in [1.82, 2.24) is 9.80 Å². The summed E-state index contributed by atoms with van der Waals surface area (Å²) in [5.41, 5.74) is 0.611. The highest BCUT2D eigenvalue weighted by Crippen LogP contribution is 2.34. The van der Waals surface area contributed by atoms with Crippen LogP contribution in [-0.2, 0) is 0 Å². The van der Waals surface area contributed by atoms with Gasteiger partial charge in [-0.1, -0.05) is 17.7 Å². The molecule has 0 aromatic heterocycles. The second kappa shape index (κ2) is 6.14. The van der Waals surface area contributed by atoms with Crippen LogP contribution in [0.4, 0.5) is 13.2 Å². The molecule has 0 atom stereocenters. The minimum absolute atomic E-state index is 0.389. The lowest BCUT2D eigenvalue weighted by Crippen LogP contribution is -2.45. The van der Waals surface area contributed by atoms with Crippen LogP contribution in [0, 0.1) is 0 Å². The molecule has 1 heterocycles. The molecule has 0 aromatic carbocycles. The zero-order valence-electron chi connectivity index (χ0n) is 12.0. The van der Waals surface area contributed by atoms with Crippen molar-refractivity contribution in [1.29, 1.82) is 0 Å². The molecule has 2 aliphatic rings. The van der Waals surface area contributed by atoms with Gasteiger partial charge < -0.3 is 4.90 Å². The molecule has 0 aromatic rings. The van der Waals surface area contributed by atoms with Crippen LogP contribution >= 0.6 is 0 Å². The van der Waals surface area contributed by atoms with Crippen LogP contribution in [0.3, 0.4) is 0 Å². The monoisotopic (exact) mass is 286 g/mol. The summed E-state index contributed by atoms with van der Waals surface area (Å²) in [7, 11) is 2.04. The van der Waals surface area contributed by atoms with Gasteiger partial charge in [0.25, 0.3) is 0 Å². The number of hydrogen-bond donors (Lipinski definition) is 0. The summed E-state index contributed by atoms with van der Waals surface area (Å²) in [6, 6.07) is 0. The summed E-state index contributed by atoms with van der Waals surface area (Å²) >= 11 is 0. The average molecular weight is 286 g/mol. The number of halogens is 3. The number of likely N-dealkylation sites (N-methyl/N-ethyl adjacent to an activating group) is 1. The molecule has 0 saturated carbocycles. The first-order valence-electron chi connectivity index (χ1n) is 6.92. The van der Waals surface area contributed by atoms with Gasteiger partial charge in [-0.15, -0.1) is 0 Å². The third-order valence-electron chi connectivity index (χ3n) is 3.82. The molecule has 0 radical (unpaired) electrons. The minimum atomic E-state index is -4.28. The minimum Gasteiger partial charge on any atom is -0.304 e. The number of alkyl halides is 3. The van der Waals surface area contributed by atoms with Crippen molar-refractivity contribution in [2.75, 3.05) is 39.8 Å². The molecule has 2 nitrogen and oxygen atoms in total. The van der Waals surface area contributed by atoms with Crippen LogP contribution in [0.25, 0.3) is 0 Å². The number of piperazine rings is 1. The lowest BCUT2D eigenvalue weighted by atomic mass is 10.0. The molecule has 0 unspecified atom stereocenters. The molecule has 112 valence electrons. The average Bonchev–Trinajstić information content (AvgIpc) is 2.54. The number of rotatable bonds is 2. The maximum absolute atomic E-state index is 13.2. The van der Waals surface area contributed by atoms with E-state index in [2.05, 4.69) is 9.80 Å². The highest BCUT2D eigenvalue weighted by molar-refractivity contribution is 5.43. The first-order chi connectivity index (χ1) is 9.36. The molecule has 1 aliphatic heterocycles.